The summed E-state index contributed by atoms with van der Waals surface area (Å²) in [4.78, 5) is 8.31. The molecule has 0 fully saturated rings. The smallest absolute Gasteiger partial charge is 0.129 e. The Morgan fingerprint density at radius 3 is 2.76 bits per heavy atom. The van der Waals surface area contributed by atoms with Crippen LogP contribution in [0, 0.1) is 12.7 Å². The van der Waals surface area contributed by atoms with Crippen LogP contribution in [0.1, 0.15) is 12.5 Å². The molecule has 3 nitrogen and oxygen atoms in total. The molecule has 1 heterocycles. The molecule has 4 heteroatoms. The summed E-state index contributed by atoms with van der Waals surface area (Å²) in [7, 11) is 0. The van der Waals surface area contributed by atoms with Crippen molar-refractivity contribution in [3.05, 3.63) is 42.0 Å². The first kappa shape index (κ1) is 11.5. The summed E-state index contributed by atoms with van der Waals surface area (Å²) < 4.78 is 13.0. The lowest BCUT2D eigenvalue weighted by Crippen LogP contribution is -2.00. The Hall–Kier alpha value is -1.97. The van der Waals surface area contributed by atoms with Crippen LogP contribution in [0.3, 0.4) is 0 Å². The minimum Gasteiger partial charge on any atom is -0.370 e. The zero-order chi connectivity index (χ0) is 12.3. The Labute approximate surface area is 99.7 Å². The maximum Gasteiger partial charge on any atom is 0.129 e. The van der Waals surface area contributed by atoms with E-state index in [0.717, 1.165) is 29.2 Å². The van der Waals surface area contributed by atoms with E-state index in [-0.39, 0.29) is 5.82 Å². The second-order valence-corrected chi connectivity index (χ2v) is 3.78. The van der Waals surface area contributed by atoms with Crippen molar-refractivity contribution in [1.82, 2.24) is 9.97 Å². The predicted molar refractivity (Wildman–Crippen MR) is 66.3 cm³/mol. The number of nitrogens with one attached hydrogen (secondary N) is 1. The molecule has 0 atom stereocenters. The van der Waals surface area contributed by atoms with E-state index in [9.17, 15) is 4.39 Å². The van der Waals surface area contributed by atoms with Gasteiger partial charge in [0.05, 0.1) is 5.69 Å². The van der Waals surface area contributed by atoms with E-state index in [0.29, 0.717) is 0 Å². The number of hydrogen-bond acceptors (Lipinski definition) is 3. The Bertz CT molecular complexity index is 526. The molecule has 0 bridgehead atoms. The standard InChI is InChI=1S/C13H14FN3/c1-3-15-13-7-12(16-8-17-13)11-5-4-10(14)6-9(11)2/h4-8H,3H2,1-2H3,(H,15,16,17). The molecule has 17 heavy (non-hydrogen) atoms. The SMILES string of the molecule is CCNc1cc(-c2ccc(F)cc2C)ncn1. The van der Waals surface area contributed by atoms with Gasteiger partial charge in [-0.05, 0) is 37.6 Å². The van der Waals surface area contributed by atoms with Gasteiger partial charge in [0, 0.05) is 18.2 Å². The molecular formula is C13H14FN3. The number of anilines is 1. The van der Waals surface area contributed by atoms with Crippen LogP contribution >= 0.6 is 0 Å². The summed E-state index contributed by atoms with van der Waals surface area (Å²) in [6.07, 6.45) is 1.51. The van der Waals surface area contributed by atoms with Crippen LogP contribution in [0.15, 0.2) is 30.6 Å². The molecule has 2 aromatic rings. The molecule has 0 radical (unpaired) electrons. The van der Waals surface area contributed by atoms with Crippen molar-refractivity contribution in [2.45, 2.75) is 13.8 Å². The molecule has 0 spiro atoms. The van der Waals surface area contributed by atoms with Crippen molar-refractivity contribution in [3.8, 4) is 11.3 Å². The molecule has 0 unspecified atom stereocenters. The summed E-state index contributed by atoms with van der Waals surface area (Å²) in [5.74, 6) is 0.549. The monoisotopic (exact) mass is 231 g/mol. The molecule has 0 saturated heterocycles. The highest BCUT2D eigenvalue weighted by atomic mass is 19.1. The summed E-state index contributed by atoms with van der Waals surface area (Å²) in [5.41, 5.74) is 2.59. The fourth-order valence-electron chi connectivity index (χ4n) is 1.70. The highest BCUT2D eigenvalue weighted by Crippen LogP contribution is 2.23. The highest BCUT2D eigenvalue weighted by Gasteiger charge is 2.05. The summed E-state index contributed by atoms with van der Waals surface area (Å²) >= 11 is 0. The van der Waals surface area contributed by atoms with Gasteiger partial charge in [-0.3, -0.25) is 0 Å². The zero-order valence-corrected chi connectivity index (χ0v) is 9.87. The molecule has 0 aliphatic carbocycles. The van der Waals surface area contributed by atoms with E-state index in [1.165, 1.54) is 18.5 Å². The molecule has 1 aromatic carbocycles. The average Bonchev–Trinajstić information content (AvgIpc) is 2.29. The zero-order valence-electron chi connectivity index (χ0n) is 9.87. The van der Waals surface area contributed by atoms with Gasteiger partial charge in [0.2, 0.25) is 0 Å². The van der Waals surface area contributed by atoms with Crippen molar-refractivity contribution in [3.63, 3.8) is 0 Å². The van der Waals surface area contributed by atoms with Gasteiger partial charge in [-0.2, -0.15) is 0 Å². The van der Waals surface area contributed by atoms with Gasteiger partial charge >= 0.3 is 0 Å². The van der Waals surface area contributed by atoms with E-state index in [2.05, 4.69) is 15.3 Å². The topological polar surface area (TPSA) is 37.8 Å². The molecule has 0 aliphatic rings. The number of hydrogen-bond donors (Lipinski definition) is 1. The minimum absolute atomic E-state index is 0.229. The van der Waals surface area contributed by atoms with Crippen molar-refractivity contribution in [2.75, 3.05) is 11.9 Å². The molecule has 0 saturated carbocycles. The van der Waals surface area contributed by atoms with Gasteiger partial charge < -0.3 is 5.32 Å². The normalized spacial score (nSPS) is 10.3. The third-order valence-corrected chi connectivity index (χ3v) is 2.49. The van der Waals surface area contributed by atoms with E-state index in [1.54, 1.807) is 6.07 Å². The van der Waals surface area contributed by atoms with E-state index in [4.69, 9.17) is 0 Å². The van der Waals surface area contributed by atoms with Gasteiger partial charge in [-0.15, -0.1) is 0 Å². The fraction of sp³-hybridized carbons (Fsp3) is 0.231. The molecule has 1 N–H and O–H groups in total. The first-order valence-corrected chi connectivity index (χ1v) is 5.53. The quantitative estimate of drug-likeness (QED) is 0.882. The minimum atomic E-state index is -0.229. The van der Waals surface area contributed by atoms with E-state index < -0.39 is 0 Å². The Morgan fingerprint density at radius 2 is 2.06 bits per heavy atom. The van der Waals surface area contributed by atoms with Crippen LogP contribution in [-0.2, 0) is 0 Å². The van der Waals surface area contributed by atoms with Gasteiger partial charge in [-0.1, -0.05) is 0 Å². The predicted octanol–water partition coefficient (Wildman–Crippen LogP) is 3.02. The Morgan fingerprint density at radius 1 is 1.24 bits per heavy atom. The number of aromatic nitrogens is 2. The van der Waals surface area contributed by atoms with Crippen LogP contribution in [0.4, 0.5) is 10.2 Å². The van der Waals surface area contributed by atoms with Gasteiger partial charge in [0.15, 0.2) is 0 Å². The van der Waals surface area contributed by atoms with Crippen molar-refractivity contribution in [2.24, 2.45) is 0 Å². The lowest BCUT2D eigenvalue weighted by molar-refractivity contribution is 0.627. The molecule has 2 rings (SSSR count). The third-order valence-electron chi connectivity index (χ3n) is 2.49. The van der Waals surface area contributed by atoms with E-state index >= 15 is 0 Å². The number of rotatable bonds is 3. The highest BCUT2D eigenvalue weighted by molar-refractivity contribution is 5.65. The number of aryl methyl sites for hydroxylation is 1. The average molecular weight is 231 g/mol. The Kier molecular flexibility index (Phi) is 3.32. The van der Waals surface area contributed by atoms with Crippen LogP contribution in [-0.4, -0.2) is 16.5 Å². The van der Waals surface area contributed by atoms with Crippen LogP contribution in [0.2, 0.25) is 0 Å². The van der Waals surface area contributed by atoms with Gasteiger partial charge in [0.25, 0.3) is 0 Å². The van der Waals surface area contributed by atoms with E-state index in [1.807, 2.05) is 19.9 Å². The van der Waals surface area contributed by atoms with Crippen LogP contribution in [0.25, 0.3) is 11.3 Å². The third kappa shape index (κ3) is 2.58. The second kappa shape index (κ2) is 4.91. The molecule has 88 valence electrons. The van der Waals surface area contributed by atoms with Crippen molar-refractivity contribution < 1.29 is 4.39 Å². The number of benzene rings is 1. The summed E-state index contributed by atoms with van der Waals surface area (Å²) in [5, 5.41) is 3.12. The second-order valence-electron chi connectivity index (χ2n) is 3.78. The number of nitrogens with zero attached hydrogens (tertiary/aromatic N) is 2. The summed E-state index contributed by atoms with van der Waals surface area (Å²) in [6.45, 7) is 4.68. The first-order valence-electron chi connectivity index (χ1n) is 5.53. The molecular weight excluding hydrogens is 217 g/mol. The molecule has 1 aromatic heterocycles. The maximum atomic E-state index is 13.0. The lowest BCUT2D eigenvalue weighted by Gasteiger charge is -2.07. The maximum absolute atomic E-state index is 13.0. The van der Waals surface area contributed by atoms with Gasteiger partial charge in [0.1, 0.15) is 18.0 Å². The van der Waals surface area contributed by atoms with Crippen molar-refractivity contribution in [1.29, 1.82) is 0 Å². The first-order chi connectivity index (χ1) is 8.20. The van der Waals surface area contributed by atoms with Crippen molar-refractivity contribution >= 4 is 5.82 Å². The molecule has 0 amide bonds. The summed E-state index contributed by atoms with van der Waals surface area (Å²) in [6, 6.07) is 6.55. The largest absolute Gasteiger partial charge is 0.370 e. The fourth-order valence-corrected chi connectivity index (χ4v) is 1.70. The van der Waals surface area contributed by atoms with Gasteiger partial charge in [-0.25, -0.2) is 14.4 Å². The Balaban J connectivity index is 2.42. The van der Waals surface area contributed by atoms with Crippen LogP contribution in [0.5, 0.6) is 0 Å². The van der Waals surface area contributed by atoms with Crippen LogP contribution < -0.4 is 5.32 Å². The number of halogens is 1. The lowest BCUT2D eigenvalue weighted by atomic mass is 10.1. The molecule has 0 aliphatic heterocycles.